The quantitative estimate of drug-likeness (QED) is 0.263. The molecule has 0 aliphatic heterocycles. The van der Waals surface area contributed by atoms with E-state index < -0.39 is 5.97 Å². The van der Waals surface area contributed by atoms with Crippen LogP contribution in [0.3, 0.4) is 0 Å². The van der Waals surface area contributed by atoms with Gasteiger partial charge in [-0.3, -0.25) is 4.79 Å². The van der Waals surface area contributed by atoms with Crippen molar-refractivity contribution in [2.75, 3.05) is 0 Å². The van der Waals surface area contributed by atoms with E-state index in [4.69, 9.17) is 19.2 Å². The molecule has 0 bridgehead atoms. The number of hydrogen-bond donors (Lipinski definition) is 1. The number of fused-ring (bicyclic) bond motifs is 2. The predicted molar refractivity (Wildman–Crippen MR) is 148 cm³/mol. The second-order valence-corrected chi connectivity index (χ2v) is 8.79. The van der Waals surface area contributed by atoms with Gasteiger partial charge in [0.15, 0.2) is 5.76 Å². The molecule has 0 aliphatic rings. The average Bonchev–Trinajstić information content (AvgIpc) is 3.40. The zero-order chi connectivity index (χ0) is 26.8. The van der Waals surface area contributed by atoms with E-state index in [1.165, 1.54) is 16.8 Å². The predicted octanol–water partition coefficient (Wildman–Crippen LogP) is 5.97. The Morgan fingerprint density at radius 2 is 1.69 bits per heavy atom. The first-order valence-corrected chi connectivity index (χ1v) is 12.2. The van der Waals surface area contributed by atoms with Gasteiger partial charge in [-0.2, -0.15) is 9.78 Å². The summed E-state index contributed by atoms with van der Waals surface area (Å²) in [5, 5.41) is 15.0. The fourth-order valence-electron chi connectivity index (χ4n) is 4.23. The van der Waals surface area contributed by atoms with Crippen molar-refractivity contribution in [3.8, 4) is 17.3 Å². The normalized spacial score (nSPS) is 11.4. The van der Waals surface area contributed by atoms with Gasteiger partial charge >= 0.3 is 5.97 Å². The molecule has 0 unspecified atom stereocenters. The molecule has 2 heterocycles. The topological polar surface area (TPSA) is 107 Å². The minimum Gasteiger partial charge on any atom is -0.488 e. The zero-order valence-electron chi connectivity index (χ0n) is 20.5. The Bertz CT molecular complexity index is 1890. The van der Waals surface area contributed by atoms with Crippen molar-refractivity contribution in [1.29, 1.82) is 0 Å². The molecule has 4 aromatic carbocycles. The van der Waals surface area contributed by atoms with Crippen molar-refractivity contribution in [1.82, 2.24) is 9.66 Å². The maximum Gasteiger partial charge on any atom is 0.335 e. The number of benzene rings is 4. The van der Waals surface area contributed by atoms with Gasteiger partial charge in [0.2, 0.25) is 5.82 Å². The van der Waals surface area contributed by atoms with Crippen LogP contribution in [-0.2, 0) is 6.61 Å². The Hall–Kier alpha value is -5.50. The van der Waals surface area contributed by atoms with E-state index in [0.717, 1.165) is 10.9 Å². The lowest BCUT2D eigenvalue weighted by atomic mass is 10.1. The number of carboxylic acid groups (broad SMARTS) is 1. The molecule has 0 radical (unpaired) electrons. The van der Waals surface area contributed by atoms with Crippen LogP contribution < -0.4 is 10.3 Å². The van der Waals surface area contributed by atoms with Gasteiger partial charge in [-0.15, -0.1) is 0 Å². The Kier molecular flexibility index (Phi) is 6.18. The van der Waals surface area contributed by atoms with Crippen molar-refractivity contribution >= 4 is 34.1 Å². The summed E-state index contributed by atoms with van der Waals surface area (Å²) >= 11 is 0. The van der Waals surface area contributed by atoms with Crippen LogP contribution in [0.25, 0.3) is 33.5 Å². The SMILES string of the molecule is O=C(O)c1ccc(COc2ccccc2C=Nn2c(-c3cc4ccccc4o3)nc3ccccc3c2=O)cc1. The van der Waals surface area contributed by atoms with Gasteiger partial charge in [0.1, 0.15) is 17.9 Å². The first-order valence-electron chi connectivity index (χ1n) is 12.2. The fourth-order valence-corrected chi connectivity index (χ4v) is 4.23. The van der Waals surface area contributed by atoms with Crippen LogP contribution in [0.15, 0.2) is 117 Å². The number of ether oxygens (including phenoxy) is 1. The van der Waals surface area contributed by atoms with Crippen molar-refractivity contribution in [2.45, 2.75) is 6.61 Å². The van der Waals surface area contributed by atoms with Crippen LogP contribution in [0.5, 0.6) is 5.75 Å². The van der Waals surface area contributed by atoms with E-state index in [0.29, 0.717) is 33.6 Å². The van der Waals surface area contributed by atoms with E-state index in [1.807, 2.05) is 54.6 Å². The van der Waals surface area contributed by atoms with E-state index >= 15 is 0 Å². The van der Waals surface area contributed by atoms with Gasteiger partial charge in [0.05, 0.1) is 22.7 Å². The van der Waals surface area contributed by atoms with Gasteiger partial charge in [0.25, 0.3) is 5.56 Å². The van der Waals surface area contributed by atoms with Crippen LogP contribution >= 0.6 is 0 Å². The smallest absolute Gasteiger partial charge is 0.335 e. The first kappa shape index (κ1) is 23.9. The maximum absolute atomic E-state index is 13.5. The minimum atomic E-state index is -0.982. The lowest BCUT2D eigenvalue weighted by Gasteiger charge is -2.10. The second kappa shape index (κ2) is 10.1. The van der Waals surface area contributed by atoms with E-state index in [1.54, 1.807) is 42.6 Å². The number of furan rings is 1. The summed E-state index contributed by atoms with van der Waals surface area (Å²) in [5.74, 6) is 0.272. The average molecular weight is 516 g/mol. The molecule has 0 amide bonds. The molecule has 8 nitrogen and oxygen atoms in total. The lowest BCUT2D eigenvalue weighted by Crippen LogP contribution is -2.20. The molecule has 0 saturated heterocycles. The molecular formula is C31H21N3O5. The zero-order valence-corrected chi connectivity index (χ0v) is 20.5. The summed E-state index contributed by atoms with van der Waals surface area (Å²) in [6.07, 6.45) is 1.55. The lowest BCUT2D eigenvalue weighted by molar-refractivity contribution is 0.0697. The first-order chi connectivity index (χ1) is 19.1. The van der Waals surface area contributed by atoms with Crippen molar-refractivity contribution in [3.63, 3.8) is 0 Å². The summed E-state index contributed by atoms with van der Waals surface area (Å²) in [6, 6.07) is 30.3. The number of carboxylic acids is 1. The van der Waals surface area contributed by atoms with Crippen molar-refractivity contribution < 1.29 is 19.1 Å². The number of aromatic nitrogens is 2. The summed E-state index contributed by atoms with van der Waals surface area (Å²) in [5.41, 5.74) is 2.57. The highest BCUT2D eigenvalue weighted by Crippen LogP contribution is 2.27. The van der Waals surface area contributed by atoms with Crippen LogP contribution in [-0.4, -0.2) is 27.0 Å². The molecule has 1 N–H and O–H groups in total. The Morgan fingerprint density at radius 3 is 2.51 bits per heavy atom. The number of rotatable bonds is 7. The molecule has 0 aliphatic carbocycles. The van der Waals surface area contributed by atoms with E-state index in [-0.39, 0.29) is 23.6 Å². The number of nitrogens with zero attached hydrogens (tertiary/aromatic N) is 3. The fraction of sp³-hybridized carbons (Fsp3) is 0.0323. The molecule has 2 aromatic heterocycles. The van der Waals surface area contributed by atoms with Crippen molar-refractivity contribution in [3.05, 3.63) is 130 Å². The van der Waals surface area contributed by atoms with Crippen LogP contribution in [0.2, 0.25) is 0 Å². The highest BCUT2D eigenvalue weighted by atomic mass is 16.5. The number of para-hydroxylation sites is 3. The highest BCUT2D eigenvalue weighted by Gasteiger charge is 2.16. The number of carbonyl (C=O) groups is 1. The van der Waals surface area contributed by atoms with Gasteiger partial charge in [-0.1, -0.05) is 54.6 Å². The van der Waals surface area contributed by atoms with Gasteiger partial charge in [-0.05, 0) is 54.1 Å². The third-order valence-corrected chi connectivity index (χ3v) is 6.23. The third kappa shape index (κ3) is 4.78. The summed E-state index contributed by atoms with van der Waals surface area (Å²) in [7, 11) is 0. The molecule has 0 spiro atoms. The van der Waals surface area contributed by atoms with E-state index in [2.05, 4.69) is 5.10 Å². The Morgan fingerprint density at radius 1 is 0.949 bits per heavy atom. The second-order valence-electron chi connectivity index (χ2n) is 8.79. The van der Waals surface area contributed by atoms with Gasteiger partial charge in [-0.25, -0.2) is 9.78 Å². The molecule has 0 atom stereocenters. The van der Waals surface area contributed by atoms with Crippen LogP contribution in [0, 0.1) is 0 Å². The van der Waals surface area contributed by atoms with Crippen LogP contribution in [0.1, 0.15) is 21.5 Å². The largest absolute Gasteiger partial charge is 0.488 e. The van der Waals surface area contributed by atoms with Gasteiger partial charge < -0.3 is 14.3 Å². The maximum atomic E-state index is 13.5. The monoisotopic (exact) mass is 515 g/mol. The minimum absolute atomic E-state index is 0.209. The van der Waals surface area contributed by atoms with Gasteiger partial charge in [0, 0.05) is 10.9 Å². The molecule has 8 heteroatoms. The molecular weight excluding hydrogens is 494 g/mol. The third-order valence-electron chi connectivity index (χ3n) is 6.23. The Labute approximate surface area is 222 Å². The standard InChI is InChI=1S/C31H21N3O5/c35-30-24-9-3-4-10-25(24)33-29(28-17-22-7-1-6-12-27(22)39-28)34(30)32-18-23-8-2-5-11-26(23)38-19-20-13-15-21(16-14-20)31(36)37/h1-18H,19H2,(H,36,37). The molecule has 39 heavy (non-hydrogen) atoms. The van der Waals surface area contributed by atoms with Crippen molar-refractivity contribution in [2.24, 2.45) is 5.10 Å². The molecule has 190 valence electrons. The molecule has 6 rings (SSSR count). The molecule has 0 fully saturated rings. The number of aromatic carboxylic acids is 1. The number of hydrogen-bond acceptors (Lipinski definition) is 6. The van der Waals surface area contributed by atoms with Crippen LogP contribution in [0.4, 0.5) is 0 Å². The highest BCUT2D eigenvalue weighted by molar-refractivity contribution is 5.88. The Balaban J connectivity index is 1.37. The summed E-state index contributed by atoms with van der Waals surface area (Å²) in [6.45, 7) is 0.229. The van der Waals surface area contributed by atoms with E-state index in [9.17, 15) is 9.59 Å². The summed E-state index contributed by atoms with van der Waals surface area (Å²) in [4.78, 5) is 29.3. The molecule has 0 saturated carbocycles. The molecule has 6 aromatic rings. The summed E-state index contributed by atoms with van der Waals surface area (Å²) < 4.78 is 13.3.